The molecule has 29 heavy (non-hydrogen) atoms. The van der Waals surface area contributed by atoms with Crippen molar-refractivity contribution in [3.05, 3.63) is 54.1 Å². The van der Waals surface area contributed by atoms with Crippen LogP contribution < -0.4 is 25.0 Å². The summed E-state index contributed by atoms with van der Waals surface area (Å²) in [7, 11) is 0. The molecule has 2 aromatic rings. The molecular formula is C21H21N3O5. The molecule has 0 unspecified atom stereocenters. The Kier molecular flexibility index (Phi) is 5.33. The van der Waals surface area contributed by atoms with Gasteiger partial charge in [-0.05, 0) is 30.3 Å². The lowest BCUT2D eigenvalue weighted by atomic mass is 10.1. The first-order chi connectivity index (χ1) is 14.1. The van der Waals surface area contributed by atoms with Gasteiger partial charge in [-0.1, -0.05) is 18.2 Å². The number of nitrogens with zero attached hydrogens (tertiary/aromatic N) is 1. The number of amides is 3. The number of fused-ring (bicyclic) bond motifs is 1. The van der Waals surface area contributed by atoms with Crippen LogP contribution in [0.4, 0.5) is 5.69 Å². The van der Waals surface area contributed by atoms with Crippen LogP contribution in [-0.4, -0.2) is 44.1 Å². The van der Waals surface area contributed by atoms with Gasteiger partial charge in [0.25, 0.3) is 5.91 Å². The fraction of sp³-hybridized carbons (Fsp3) is 0.286. The van der Waals surface area contributed by atoms with Crippen LogP contribution in [0.15, 0.2) is 48.5 Å². The van der Waals surface area contributed by atoms with E-state index in [2.05, 4.69) is 10.6 Å². The van der Waals surface area contributed by atoms with Crippen molar-refractivity contribution in [1.82, 2.24) is 10.6 Å². The predicted molar refractivity (Wildman–Crippen MR) is 105 cm³/mol. The molecule has 0 aromatic heterocycles. The predicted octanol–water partition coefficient (Wildman–Crippen LogP) is 1.31. The molecule has 3 amide bonds. The molecule has 2 aliphatic rings. The number of ether oxygens (including phenoxy) is 2. The molecule has 4 rings (SSSR count). The highest BCUT2D eigenvalue weighted by Crippen LogP contribution is 2.32. The van der Waals surface area contributed by atoms with Crippen molar-refractivity contribution >= 4 is 23.4 Å². The van der Waals surface area contributed by atoms with E-state index in [9.17, 15) is 14.4 Å². The average molecular weight is 395 g/mol. The van der Waals surface area contributed by atoms with E-state index in [4.69, 9.17) is 9.47 Å². The summed E-state index contributed by atoms with van der Waals surface area (Å²) >= 11 is 0. The summed E-state index contributed by atoms with van der Waals surface area (Å²) in [6.07, 6.45) is 0.185. The molecule has 2 aliphatic heterocycles. The smallest absolute Gasteiger partial charge is 0.251 e. The summed E-state index contributed by atoms with van der Waals surface area (Å²) in [4.78, 5) is 38.4. The molecular weight excluding hydrogens is 374 g/mol. The summed E-state index contributed by atoms with van der Waals surface area (Å²) in [6, 6.07) is 14.3. The quantitative estimate of drug-likeness (QED) is 0.719. The van der Waals surface area contributed by atoms with Crippen LogP contribution in [0.25, 0.3) is 0 Å². The van der Waals surface area contributed by atoms with E-state index in [1.165, 1.54) is 0 Å². The van der Waals surface area contributed by atoms with Gasteiger partial charge in [0, 0.05) is 37.3 Å². The molecule has 8 nitrogen and oxygen atoms in total. The van der Waals surface area contributed by atoms with E-state index in [0.29, 0.717) is 23.6 Å². The van der Waals surface area contributed by atoms with Crippen molar-refractivity contribution in [3.63, 3.8) is 0 Å². The third-order valence-corrected chi connectivity index (χ3v) is 4.91. The van der Waals surface area contributed by atoms with Crippen LogP contribution in [0.3, 0.4) is 0 Å². The number of hydrogen-bond acceptors (Lipinski definition) is 5. The minimum atomic E-state index is -0.396. The number of rotatable bonds is 6. The molecule has 2 heterocycles. The van der Waals surface area contributed by atoms with E-state index in [1.807, 2.05) is 30.3 Å². The molecule has 2 N–H and O–H groups in total. The summed E-state index contributed by atoms with van der Waals surface area (Å²) in [6.45, 7) is 1.07. The molecule has 0 aliphatic carbocycles. The van der Waals surface area contributed by atoms with Gasteiger partial charge in [-0.25, -0.2) is 0 Å². The standard InChI is InChI=1S/C21H21N3O5/c25-19-11-15(12-24(19)16-4-2-1-3-5-16)21(27)23-9-8-22-20(26)14-6-7-17-18(10-14)29-13-28-17/h1-7,10,15H,8-9,11-13H2,(H,22,26)(H,23,27)/t15-/m1/s1. The first-order valence-electron chi connectivity index (χ1n) is 9.43. The maximum absolute atomic E-state index is 12.4. The average Bonchev–Trinajstić information content (AvgIpc) is 3.37. The fourth-order valence-corrected chi connectivity index (χ4v) is 3.39. The zero-order chi connectivity index (χ0) is 20.2. The Labute approximate surface area is 167 Å². The Hall–Kier alpha value is -3.55. The van der Waals surface area contributed by atoms with Gasteiger partial charge in [0.05, 0.1) is 5.92 Å². The molecule has 8 heteroatoms. The first kappa shape index (κ1) is 18.8. The Morgan fingerprint density at radius 2 is 1.76 bits per heavy atom. The number of carbonyl (C=O) groups is 3. The van der Waals surface area contributed by atoms with Crippen LogP contribution in [0.1, 0.15) is 16.8 Å². The van der Waals surface area contributed by atoms with E-state index in [1.54, 1.807) is 23.1 Å². The lowest BCUT2D eigenvalue weighted by Gasteiger charge is -2.16. The lowest BCUT2D eigenvalue weighted by molar-refractivity contribution is -0.126. The first-order valence-corrected chi connectivity index (χ1v) is 9.43. The number of hydrogen-bond donors (Lipinski definition) is 2. The van der Waals surface area contributed by atoms with E-state index >= 15 is 0 Å². The van der Waals surface area contributed by atoms with Gasteiger partial charge in [-0.3, -0.25) is 14.4 Å². The summed E-state index contributed by atoms with van der Waals surface area (Å²) < 4.78 is 10.5. The van der Waals surface area contributed by atoms with Gasteiger partial charge in [0.2, 0.25) is 18.6 Å². The van der Waals surface area contributed by atoms with Crippen LogP contribution >= 0.6 is 0 Å². The Morgan fingerprint density at radius 3 is 2.59 bits per heavy atom. The number of benzene rings is 2. The molecule has 0 radical (unpaired) electrons. The molecule has 0 saturated carbocycles. The van der Waals surface area contributed by atoms with Crippen LogP contribution in [0.5, 0.6) is 11.5 Å². The zero-order valence-corrected chi connectivity index (χ0v) is 15.7. The van der Waals surface area contributed by atoms with Gasteiger partial charge >= 0.3 is 0 Å². The SMILES string of the molecule is O=C(NCCNC(=O)[C@@H]1CC(=O)N(c2ccccc2)C1)c1ccc2c(c1)OCO2. The largest absolute Gasteiger partial charge is 0.454 e. The minimum absolute atomic E-state index is 0.0625. The lowest BCUT2D eigenvalue weighted by Crippen LogP contribution is -2.38. The van der Waals surface area contributed by atoms with Gasteiger partial charge in [0.1, 0.15) is 0 Å². The molecule has 0 spiro atoms. The van der Waals surface area contributed by atoms with Crippen LogP contribution in [0.2, 0.25) is 0 Å². The van der Waals surface area contributed by atoms with Crippen LogP contribution in [-0.2, 0) is 9.59 Å². The van der Waals surface area contributed by atoms with Gasteiger partial charge in [-0.15, -0.1) is 0 Å². The van der Waals surface area contributed by atoms with Crippen molar-refractivity contribution in [2.24, 2.45) is 5.92 Å². The molecule has 1 saturated heterocycles. The van der Waals surface area contributed by atoms with E-state index in [-0.39, 0.29) is 44.0 Å². The molecule has 150 valence electrons. The highest BCUT2D eigenvalue weighted by atomic mass is 16.7. The van der Waals surface area contributed by atoms with Gasteiger partial charge in [0.15, 0.2) is 11.5 Å². The molecule has 0 bridgehead atoms. The number of para-hydroxylation sites is 1. The normalized spacial score (nSPS) is 17.3. The third kappa shape index (κ3) is 4.16. The highest BCUT2D eigenvalue weighted by molar-refractivity contribution is 6.00. The van der Waals surface area contributed by atoms with E-state index in [0.717, 1.165) is 5.69 Å². The monoisotopic (exact) mass is 395 g/mol. The Balaban J connectivity index is 1.22. The van der Waals surface area contributed by atoms with Crippen molar-refractivity contribution in [1.29, 1.82) is 0 Å². The minimum Gasteiger partial charge on any atom is -0.454 e. The molecule has 1 fully saturated rings. The van der Waals surface area contributed by atoms with Crippen molar-refractivity contribution in [2.45, 2.75) is 6.42 Å². The Morgan fingerprint density at radius 1 is 1.00 bits per heavy atom. The van der Waals surface area contributed by atoms with Crippen molar-refractivity contribution in [2.75, 3.05) is 31.3 Å². The van der Waals surface area contributed by atoms with Crippen molar-refractivity contribution in [3.8, 4) is 11.5 Å². The summed E-state index contributed by atoms with van der Waals surface area (Å²) in [5.74, 6) is 0.252. The van der Waals surface area contributed by atoms with Gasteiger partial charge in [-0.2, -0.15) is 0 Å². The second-order valence-electron chi connectivity index (χ2n) is 6.86. The topological polar surface area (TPSA) is 97.0 Å². The zero-order valence-electron chi connectivity index (χ0n) is 15.7. The van der Waals surface area contributed by atoms with E-state index < -0.39 is 5.92 Å². The molecule has 1 atom stereocenters. The van der Waals surface area contributed by atoms with Crippen molar-refractivity contribution < 1.29 is 23.9 Å². The fourth-order valence-electron chi connectivity index (χ4n) is 3.39. The summed E-state index contributed by atoms with van der Waals surface area (Å²) in [5, 5.41) is 5.54. The maximum atomic E-state index is 12.4. The molecule has 2 aromatic carbocycles. The van der Waals surface area contributed by atoms with Crippen LogP contribution in [0, 0.1) is 5.92 Å². The number of nitrogens with one attached hydrogen (secondary N) is 2. The maximum Gasteiger partial charge on any atom is 0.251 e. The second-order valence-corrected chi connectivity index (χ2v) is 6.86. The second kappa shape index (κ2) is 8.22. The highest BCUT2D eigenvalue weighted by Gasteiger charge is 2.34. The van der Waals surface area contributed by atoms with Gasteiger partial charge < -0.3 is 25.0 Å². The summed E-state index contributed by atoms with van der Waals surface area (Å²) in [5.41, 5.74) is 1.25. The third-order valence-electron chi connectivity index (χ3n) is 4.91. The Bertz CT molecular complexity index is 931. The number of anilines is 1. The number of carbonyl (C=O) groups excluding carboxylic acids is 3.